The van der Waals surface area contributed by atoms with Crippen molar-refractivity contribution in [2.45, 2.75) is 32.9 Å². The van der Waals surface area contributed by atoms with Gasteiger partial charge in [0, 0.05) is 29.2 Å². The fraction of sp³-hybridized carbons (Fsp3) is 0.304. The second-order valence-electron chi connectivity index (χ2n) is 7.96. The number of aromatic nitrogens is 1. The number of benzene rings is 2. The molecule has 1 amide bonds. The number of halogens is 1. The maximum atomic E-state index is 13.4. The quantitative estimate of drug-likeness (QED) is 0.564. The van der Waals surface area contributed by atoms with E-state index in [0.717, 1.165) is 22.3 Å². The summed E-state index contributed by atoms with van der Waals surface area (Å²) >= 11 is 6.30. The lowest BCUT2D eigenvalue weighted by atomic mass is 10.0. The Morgan fingerprint density at radius 1 is 1.16 bits per heavy atom. The molecule has 3 aromatic rings. The van der Waals surface area contributed by atoms with E-state index in [1.165, 1.54) is 0 Å². The Labute approximate surface area is 186 Å². The summed E-state index contributed by atoms with van der Waals surface area (Å²) in [5, 5.41) is 4.51. The lowest BCUT2D eigenvalue weighted by Gasteiger charge is -2.28. The van der Waals surface area contributed by atoms with Crippen molar-refractivity contribution in [3.05, 3.63) is 75.9 Å². The van der Waals surface area contributed by atoms with Crippen molar-refractivity contribution in [1.82, 2.24) is 10.1 Å². The van der Waals surface area contributed by atoms with Gasteiger partial charge < -0.3 is 9.42 Å². The van der Waals surface area contributed by atoms with Gasteiger partial charge in [0.05, 0.1) is 11.5 Å². The van der Waals surface area contributed by atoms with Crippen LogP contribution in [0.2, 0.25) is 5.02 Å². The van der Waals surface area contributed by atoms with Crippen LogP contribution in [0.1, 0.15) is 33.6 Å². The molecule has 1 fully saturated rings. The fourth-order valence-electron chi connectivity index (χ4n) is 3.75. The summed E-state index contributed by atoms with van der Waals surface area (Å²) in [4.78, 5) is 14.9. The Balaban J connectivity index is 1.65. The molecular formula is C23H23ClN2O4S. The number of aryl methyl sites for hydroxylation is 2. The van der Waals surface area contributed by atoms with Gasteiger partial charge in [-0.1, -0.05) is 47.1 Å². The normalized spacial score (nSPS) is 17.6. The van der Waals surface area contributed by atoms with Crippen molar-refractivity contribution >= 4 is 27.3 Å². The number of hydrogen-bond donors (Lipinski definition) is 0. The average molecular weight is 459 g/mol. The van der Waals surface area contributed by atoms with Gasteiger partial charge in [0.15, 0.2) is 21.3 Å². The van der Waals surface area contributed by atoms with Gasteiger partial charge in [0.25, 0.3) is 5.91 Å². The highest BCUT2D eigenvalue weighted by atomic mass is 35.5. The minimum atomic E-state index is -3.18. The van der Waals surface area contributed by atoms with Gasteiger partial charge in [-0.05, 0) is 49.1 Å². The molecule has 162 valence electrons. The zero-order valence-corrected chi connectivity index (χ0v) is 18.9. The van der Waals surface area contributed by atoms with E-state index in [1.54, 1.807) is 17.0 Å². The minimum absolute atomic E-state index is 0.0644. The highest BCUT2D eigenvalue weighted by molar-refractivity contribution is 7.91. The zero-order valence-electron chi connectivity index (χ0n) is 17.3. The molecule has 1 aliphatic rings. The summed E-state index contributed by atoms with van der Waals surface area (Å²) < 4.78 is 29.6. The van der Waals surface area contributed by atoms with Crippen LogP contribution in [-0.4, -0.2) is 41.9 Å². The van der Waals surface area contributed by atoms with Gasteiger partial charge in [-0.3, -0.25) is 4.79 Å². The minimum Gasteiger partial charge on any atom is -0.355 e. The zero-order chi connectivity index (χ0) is 22.2. The van der Waals surface area contributed by atoms with E-state index in [4.69, 9.17) is 16.1 Å². The first-order valence-corrected chi connectivity index (χ1v) is 12.2. The Morgan fingerprint density at radius 2 is 1.94 bits per heavy atom. The monoisotopic (exact) mass is 458 g/mol. The first kappa shape index (κ1) is 21.6. The third kappa shape index (κ3) is 4.67. The van der Waals surface area contributed by atoms with Crippen LogP contribution < -0.4 is 0 Å². The number of carbonyl (C=O) groups is 1. The molecule has 1 aromatic heterocycles. The summed E-state index contributed by atoms with van der Waals surface area (Å²) in [6.45, 7) is 4.23. The number of amides is 1. The molecule has 0 unspecified atom stereocenters. The summed E-state index contributed by atoms with van der Waals surface area (Å²) in [6, 6.07) is 14.3. The standard InChI is InChI=1S/C23H23ClN2O4S/c1-15-7-8-17(11-16(15)2)22-12-21(25-30-22)23(27)26(19-9-10-31(28,29)14-19)13-18-5-3-4-6-20(18)24/h3-8,11-12,19H,9-10,13-14H2,1-2H3/t19-/m0/s1. The molecule has 0 spiro atoms. The lowest BCUT2D eigenvalue weighted by Crippen LogP contribution is -2.40. The molecule has 4 rings (SSSR count). The number of hydrogen-bond acceptors (Lipinski definition) is 5. The van der Waals surface area contributed by atoms with Crippen LogP contribution in [0, 0.1) is 13.8 Å². The van der Waals surface area contributed by atoms with Gasteiger partial charge >= 0.3 is 0 Å². The van der Waals surface area contributed by atoms with Crippen LogP contribution in [0.15, 0.2) is 53.1 Å². The smallest absolute Gasteiger partial charge is 0.276 e. The van der Waals surface area contributed by atoms with Crippen LogP contribution in [0.3, 0.4) is 0 Å². The van der Waals surface area contributed by atoms with E-state index in [1.807, 2.05) is 50.2 Å². The molecule has 0 aliphatic carbocycles. The second-order valence-corrected chi connectivity index (χ2v) is 10.6. The highest BCUT2D eigenvalue weighted by Gasteiger charge is 2.36. The third-order valence-corrected chi connectivity index (χ3v) is 7.85. The molecule has 1 aliphatic heterocycles. The molecule has 0 bridgehead atoms. The van der Waals surface area contributed by atoms with Gasteiger partial charge in [-0.25, -0.2) is 8.42 Å². The van der Waals surface area contributed by atoms with Crippen LogP contribution >= 0.6 is 11.6 Å². The Hall–Kier alpha value is -2.64. The summed E-state index contributed by atoms with van der Waals surface area (Å²) in [5.41, 5.74) is 3.99. The van der Waals surface area contributed by atoms with E-state index in [0.29, 0.717) is 17.2 Å². The highest BCUT2D eigenvalue weighted by Crippen LogP contribution is 2.27. The van der Waals surface area contributed by atoms with E-state index >= 15 is 0 Å². The van der Waals surface area contributed by atoms with Gasteiger partial charge in [0.1, 0.15) is 0 Å². The Bertz CT molecular complexity index is 1240. The van der Waals surface area contributed by atoms with E-state index in [9.17, 15) is 13.2 Å². The maximum absolute atomic E-state index is 13.4. The molecule has 2 heterocycles. The number of carbonyl (C=O) groups excluding carboxylic acids is 1. The van der Waals surface area contributed by atoms with Gasteiger partial charge in [-0.2, -0.15) is 0 Å². The summed E-state index contributed by atoms with van der Waals surface area (Å²) in [6.07, 6.45) is 0.389. The van der Waals surface area contributed by atoms with Gasteiger partial charge in [0.2, 0.25) is 0 Å². The molecule has 0 saturated carbocycles. The first-order chi connectivity index (χ1) is 14.7. The van der Waals surface area contributed by atoms with Crippen molar-refractivity contribution in [2.75, 3.05) is 11.5 Å². The Morgan fingerprint density at radius 3 is 2.61 bits per heavy atom. The number of rotatable bonds is 5. The van der Waals surface area contributed by atoms with Crippen LogP contribution in [-0.2, 0) is 16.4 Å². The van der Waals surface area contributed by atoms with Crippen LogP contribution in [0.25, 0.3) is 11.3 Å². The number of nitrogens with zero attached hydrogens (tertiary/aromatic N) is 2. The molecule has 8 heteroatoms. The summed E-state index contributed by atoms with van der Waals surface area (Å²) in [5.74, 6) is 0.117. The van der Waals surface area contributed by atoms with Crippen LogP contribution in [0.5, 0.6) is 0 Å². The molecule has 31 heavy (non-hydrogen) atoms. The topological polar surface area (TPSA) is 80.5 Å². The largest absolute Gasteiger partial charge is 0.355 e. The predicted octanol–water partition coefficient (Wildman–Crippen LogP) is 4.44. The maximum Gasteiger partial charge on any atom is 0.276 e. The van der Waals surface area contributed by atoms with Crippen molar-refractivity contribution in [3.8, 4) is 11.3 Å². The van der Waals surface area contributed by atoms with E-state index < -0.39 is 15.9 Å². The molecule has 0 radical (unpaired) electrons. The van der Waals surface area contributed by atoms with E-state index in [-0.39, 0.29) is 29.7 Å². The van der Waals surface area contributed by atoms with Crippen molar-refractivity contribution in [3.63, 3.8) is 0 Å². The lowest BCUT2D eigenvalue weighted by molar-refractivity contribution is 0.0670. The SMILES string of the molecule is Cc1ccc(-c2cc(C(=O)N(Cc3ccccc3Cl)[C@H]3CCS(=O)(=O)C3)no2)cc1C. The predicted molar refractivity (Wildman–Crippen MR) is 120 cm³/mol. The molecule has 1 saturated heterocycles. The fourth-order valence-corrected chi connectivity index (χ4v) is 5.68. The molecule has 2 aromatic carbocycles. The molecule has 0 N–H and O–H groups in total. The Kier molecular flexibility index (Phi) is 5.90. The van der Waals surface area contributed by atoms with Crippen molar-refractivity contribution < 1.29 is 17.7 Å². The molecule has 1 atom stereocenters. The first-order valence-electron chi connectivity index (χ1n) is 10.0. The second kappa shape index (κ2) is 8.48. The van der Waals surface area contributed by atoms with Crippen molar-refractivity contribution in [1.29, 1.82) is 0 Å². The van der Waals surface area contributed by atoms with Gasteiger partial charge in [-0.15, -0.1) is 0 Å². The van der Waals surface area contributed by atoms with Crippen molar-refractivity contribution in [2.24, 2.45) is 0 Å². The summed E-state index contributed by atoms with van der Waals surface area (Å²) in [7, 11) is -3.18. The number of sulfone groups is 1. The van der Waals surface area contributed by atoms with E-state index in [2.05, 4.69) is 5.16 Å². The van der Waals surface area contributed by atoms with Crippen LogP contribution in [0.4, 0.5) is 0 Å². The molecule has 6 nitrogen and oxygen atoms in total. The third-order valence-electron chi connectivity index (χ3n) is 5.73. The molecular weight excluding hydrogens is 436 g/mol. The average Bonchev–Trinajstić information content (AvgIpc) is 3.36.